The number of hydrogen-bond donors (Lipinski definition) is 3. The Hall–Kier alpha value is -4.01. The van der Waals surface area contributed by atoms with Gasteiger partial charge in [0, 0.05) is 43.7 Å². The zero-order valence-corrected chi connectivity index (χ0v) is 30.5. The second kappa shape index (κ2) is 14.9. The number of carbonyl (C=O) groups excluding carboxylic acids is 1. The van der Waals surface area contributed by atoms with E-state index in [1.165, 1.54) is 19.3 Å². The third-order valence-corrected chi connectivity index (χ3v) is 11.3. The van der Waals surface area contributed by atoms with Crippen LogP contribution in [0.1, 0.15) is 87.2 Å². The minimum Gasteiger partial charge on any atom is -0.392 e. The van der Waals surface area contributed by atoms with Gasteiger partial charge in [-0.25, -0.2) is 4.79 Å². The largest absolute Gasteiger partial charge is 0.392 e. The number of fused-ring (bicyclic) bond motifs is 2. The summed E-state index contributed by atoms with van der Waals surface area (Å²) in [5.41, 5.74) is 7.94. The molecule has 3 fully saturated rings. The molecule has 4 aromatic carbocycles. The third kappa shape index (κ3) is 8.23. The summed E-state index contributed by atoms with van der Waals surface area (Å²) in [4.78, 5) is 15.3. The van der Waals surface area contributed by atoms with Crippen molar-refractivity contribution in [1.82, 2.24) is 15.5 Å². The van der Waals surface area contributed by atoms with Crippen molar-refractivity contribution in [2.24, 2.45) is 16.7 Å². The fourth-order valence-corrected chi connectivity index (χ4v) is 9.14. The molecule has 1 saturated carbocycles. The summed E-state index contributed by atoms with van der Waals surface area (Å²) in [5, 5.41) is 15.6. The molecule has 7 rings (SSSR count). The Kier molecular flexibility index (Phi) is 10.4. The molecule has 2 amide bonds. The number of urea groups is 1. The average Bonchev–Trinajstić information content (AvgIpc) is 3.38. The average molecular weight is 688 g/mol. The first-order chi connectivity index (χ1) is 24.6. The van der Waals surface area contributed by atoms with Crippen LogP contribution >= 0.6 is 0 Å². The second-order valence-electron chi connectivity index (χ2n) is 16.3. The van der Waals surface area contributed by atoms with Gasteiger partial charge in [-0.05, 0) is 63.5 Å². The molecule has 0 radical (unpaired) electrons. The topological polar surface area (TPSA) is 83.1 Å². The summed E-state index contributed by atoms with van der Waals surface area (Å²) in [6.07, 6.45) is 3.10. The Morgan fingerprint density at radius 2 is 1.49 bits per heavy atom. The lowest BCUT2D eigenvalue weighted by atomic mass is 9.65. The predicted octanol–water partition coefficient (Wildman–Crippen LogP) is 8.54. The monoisotopic (exact) mass is 687 g/mol. The molecule has 4 aromatic rings. The van der Waals surface area contributed by atoms with E-state index in [9.17, 15) is 9.90 Å². The van der Waals surface area contributed by atoms with E-state index in [0.717, 1.165) is 52.0 Å². The minimum absolute atomic E-state index is 0.00292. The van der Waals surface area contributed by atoms with Crippen LogP contribution in [0.15, 0.2) is 103 Å². The second-order valence-corrected chi connectivity index (χ2v) is 16.3. The Labute approximate surface area is 303 Å². The maximum absolute atomic E-state index is 12.6. The van der Waals surface area contributed by atoms with Gasteiger partial charge < -0.3 is 25.2 Å². The van der Waals surface area contributed by atoms with E-state index in [4.69, 9.17) is 9.47 Å². The van der Waals surface area contributed by atoms with Gasteiger partial charge in [-0.3, -0.25) is 4.90 Å². The van der Waals surface area contributed by atoms with Gasteiger partial charge in [0.15, 0.2) is 6.29 Å². The number of aliphatic hydroxyl groups is 1. The van der Waals surface area contributed by atoms with Crippen molar-refractivity contribution in [3.63, 3.8) is 0 Å². The Balaban J connectivity index is 1.07. The maximum Gasteiger partial charge on any atom is 0.315 e. The lowest BCUT2D eigenvalue weighted by molar-refractivity contribution is -0.276. The highest BCUT2D eigenvalue weighted by Crippen LogP contribution is 2.53. The number of aliphatic hydroxyl groups excluding tert-OH is 1. The molecule has 7 nitrogen and oxygen atoms in total. The van der Waals surface area contributed by atoms with Crippen molar-refractivity contribution in [3.05, 3.63) is 131 Å². The number of benzene rings is 4. The SMILES string of the molecule is C[C@H]1[C@@H](CN2CC3(C)CC2CC(C)(C)C3)O[C@@H](c2ccc(-c3ccccc3CNC(=O)NCc3ccccc3)cc2)O[C@H]1c1ccc(CO)cc1. The first-order valence-electron chi connectivity index (χ1n) is 18.6. The fourth-order valence-electron chi connectivity index (χ4n) is 9.14. The molecule has 51 heavy (non-hydrogen) atoms. The van der Waals surface area contributed by atoms with Crippen LogP contribution in [0.25, 0.3) is 11.1 Å². The number of nitrogens with zero attached hydrogens (tertiary/aromatic N) is 1. The number of amides is 2. The highest BCUT2D eigenvalue weighted by molar-refractivity contribution is 5.75. The fraction of sp³-hybridized carbons (Fsp3) is 0.432. The van der Waals surface area contributed by atoms with E-state index in [1.807, 2.05) is 54.6 Å². The summed E-state index contributed by atoms with van der Waals surface area (Å²) < 4.78 is 13.7. The quantitative estimate of drug-likeness (QED) is 0.156. The van der Waals surface area contributed by atoms with E-state index in [0.29, 0.717) is 30.0 Å². The first kappa shape index (κ1) is 35.4. The highest BCUT2D eigenvalue weighted by Gasteiger charge is 2.51. The zero-order chi connectivity index (χ0) is 35.6. The van der Waals surface area contributed by atoms with Crippen LogP contribution in [-0.4, -0.2) is 41.3 Å². The Morgan fingerprint density at radius 3 is 2.24 bits per heavy atom. The number of rotatable bonds is 10. The predicted molar refractivity (Wildman–Crippen MR) is 201 cm³/mol. The Morgan fingerprint density at radius 1 is 0.804 bits per heavy atom. The molecule has 2 saturated heterocycles. The van der Waals surface area contributed by atoms with Crippen LogP contribution in [0.3, 0.4) is 0 Å². The molecule has 2 bridgehead atoms. The van der Waals surface area contributed by atoms with Crippen LogP contribution in [0.4, 0.5) is 4.79 Å². The highest BCUT2D eigenvalue weighted by atomic mass is 16.7. The normalized spacial score (nSPS) is 27.2. The summed E-state index contributed by atoms with van der Waals surface area (Å²) in [6, 6.07) is 35.1. The molecule has 2 aliphatic heterocycles. The van der Waals surface area contributed by atoms with Crippen molar-refractivity contribution in [3.8, 4) is 11.1 Å². The van der Waals surface area contributed by atoms with Gasteiger partial charge >= 0.3 is 6.03 Å². The zero-order valence-electron chi connectivity index (χ0n) is 30.5. The van der Waals surface area contributed by atoms with Gasteiger partial charge in [-0.2, -0.15) is 0 Å². The molecule has 0 aromatic heterocycles. The molecule has 268 valence electrons. The molecule has 6 atom stereocenters. The van der Waals surface area contributed by atoms with Gasteiger partial charge in [0.1, 0.15) is 0 Å². The smallest absolute Gasteiger partial charge is 0.315 e. The molecular formula is C44H53N3O4. The van der Waals surface area contributed by atoms with Crippen LogP contribution in [-0.2, 0) is 29.2 Å². The van der Waals surface area contributed by atoms with Gasteiger partial charge in [0.05, 0.1) is 18.8 Å². The van der Waals surface area contributed by atoms with E-state index in [-0.39, 0.29) is 30.8 Å². The summed E-state index contributed by atoms with van der Waals surface area (Å²) in [6.45, 7) is 12.5. The van der Waals surface area contributed by atoms with Crippen molar-refractivity contribution >= 4 is 6.03 Å². The summed E-state index contributed by atoms with van der Waals surface area (Å²) in [7, 11) is 0. The number of carbonyl (C=O) groups is 1. The van der Waals surface area contributed by atoms with Gasteiger partial charge in [-0.15, -0.1) is 0 Å². The van der Waals surface area contributed by atoms with E-state index < -0.39 is 6.29 Å². The van der Waals surface area contributed by atoms with E-state index in [1.54, 1.807) is 0 Å². The van der Waals surface area contributed by atoms with Gasteiger partial charge in [0.2, 0.25) is 0 Å². The lowest BCUT2D eigenvalue weighted by Gasteiger charge is -2.43. The molecule has 0 spiro atoms. The minimum atomic E-state index is -0.512. The van der Waals surface area contributed by atoms with Crippen molar-refractivity contribution in [2.45, 2.75) is 91.2 Å². The molecule has 7 heteroatoms. The molecule has 3 aliphatic rings. The first-order valence-corrected chi connectivity index (χ1v) is 18.6. The number of ether oxygens (including phenoxy) is 2. The van der Waals surface area contributed by atoms with Crippen LogP contribution in [0.2, 0.25) is 0 Å². The van der Waals surface area contributed by atoms with Crippen molar-refractivity contribution < 1.29 is 19.4 Å². The Bertz CT molecular complexity index is 1780. The van der Waals surface area contributed by atoms with Gasteiger partial charge in [-0.1, -0.05) is 131 Å². The lowest BCUT2D eigenvalue weighted by Crippen LogP contribution is -2.46. The summed E-state index contributed by atoms with van der Waals surface area (Å²) in [5.74, 6) is 0.144. The molecule has 2 unspecified atom stereocenters. The van der Waals surface area contributed by atoms with Crippen molar-refractivity contribution in [2.75, 3.05) is 13.1 Å². The standard InChI is InChI=1S/C44H53N3O4/c1-30-39(26-47-29-44(4)23-37(47)22-43(2,3)28-44)50-41(51-40(30)34-16-14-32(27-48)15-17-34)35-20-18-33(19-21-35)38-13-9-8-12-36(38)25-46-42(49)45-24-31-10-6-5-7-11-31/h5-21,30,37,39-41,48H,22-29H2,1-4H3,(H2,45,46,49)/t30-,37?,39+,40+,41+,44?/m0/s1. The number of hydrogen-bond acceptors (Lipinski definition) is 5. The molecule has 3 N–H and O–H groups in total. The van der Waals surface area contributed by atoms with E-state index in [2.05, 4.69) is 91.8 Å². The van der Waals surface area contributed by atoms with Crippen LogP contribution in [0.5, 0.6) is 0 Å². The van der Waals surface area contributed by atoms with Crippen molar-refractivity contribution in [1.29, 1.82) is 0 Å². The number of likely N-dealkylation sites (tertiary alicyclic amines) is 1. The van der Waals surface area contributed by atoms with Crippen LogP contribution in [0, 0.1) is 16.7 Å². The molecule has 1 aliphatic carbocycles. The molecular weight excluding hydrogens is 635 g/mol. The summed E-state index contributed by atoms with van der Waals surface area (Å²) >= 11 is 0. The number of nitrogens with one attached hydrogen (secondary N) is 2. The van der Waals surface area contributed by atoms with Gasteiger partial charge in [0.25, 0.3) is 0 Å². The third-order valence-electron chi connectivity index (χ3n) is 11.3. The van der Waals surface area contributed by atoms with Crippen LogP contribution < -0.4 is 10.6 Å². The molecule has 2 heterocycles. The maximum atomic E-state index is 12.6. The van der Waals surface area contributed by atoms with E-state index >= 15 is 0 Å².